The minimum atomic E-state index is -0.0472. The van der Waals surface area contributed by atoms with Crippen molar-refractivity contribution in [3.05, 3.63) is 40.9 Å². The van der Waals surface area contributed by atoms with Crippen LogP contribution in [-0.4, -0.2) is 57.9 Å². The molecule has 1 aliphatic carbocycles. The Morgan fingerprint density at radius 2 is 2.14 bits per heavy atom. The number of nitrogens with one attached hydrogen (secondary N) is 1. The quantitative estimate of drug-likeness (QED) is 0.832. The van der Waals surface area contributed by atoms with E-state index in [-0.39, 0.29) is 17.9 Å². The van der Waals surface area contributed by atoms with Crippen molar-refractivity contribution in [2.75, 3.05) is 25.5 Å². The van der Waals surface area contributed by atoms with Gasteiger partial charge in [0.2, 0.25) is 5.91 Å². The molecule has 1 saturated heterocycles. The van der Waals surface area contributed by atoms with E-state index in [2.05, 4.69) is 15.5 Å². The molecule has 1 N–H and O–H groups in total. The van der Waals surface area contributed by atoms with Crippen LogP contribution in [0.3, 0.4) is 0 Å². The first-order valence-corrected chi connectivity index (χ1v) is 10.2. The largest absolute Gasteiger partial charge is 0.364 e. The SMILES string of the molecule is CC(=O)N(C)[C@H]1CCN(C(=O)c2ccc(NCc3noc4c3CCCC4)nc2)C1. The predicted molar refractivity (Wildman–Crippen MR) is 107 cm³/mol. The Morgan fingerprint density at radius 3 is 2.90 bits per heavy atom. The smallest absolute Gasteiger partial charge is 0.255 e. The van der Waals surface area contributed by atoms with Crippen LogP contribution >= 0.6 is 0 Å². The van der Waals surface area contributed by atoms with Crippen molar-refractivity contribution in [2.24, 2.45) is 0 Å². The first-order chi connectivity index (χ1) is 14.0. The van der Waals surface area contributed by atoms with E-state index in [1.54, 1.807) is 36.0 Å². The summed E-state index contributed by atoms with van der Waals surface area (Å²) in [5.41, 5.74) is 2.73. The van der Waals surface area contributed by atoms with Crippen LogP contribution < -0.4 is 5.32 Å². The van der Waals surface area contributed by atoms with Crippen molar-refractivity contribution in [3.63, 3.8) is 0 Å². The maximum absolute atomic E-state index is 12.7. The Bertz CT molecular complexity index is 892. The number of likely N-dealkylation sites (tertiary alicyclic amines) is 1. The maximum atomic E-state index is 12.7. The number of fused-ring (bicyclic) bond motifs is 1. The van der Waals surface area contributed by atoms with Crippen molar-refractivity contribution >= 4 is 17.6 Å². The second-order valence-electron chi connectivity index (χ2n) is 7.85. The lowest BCUT2D eigenvalue weighted by Crippen LogP contribution is -2.38. The fourth-order valence-corrected chi connectivity index (χ4v) is 4.07. The summed E-state index contributed by atoms with van der Waals surface area (Å²) in [5, 5.41) is 7.46. The molecule has 1 fully saturated rings. The number of nitrogens with zero attached hydrogens (tertiary/aromatic N) is 4. The number of carbonyl (C=O) groups excluding carboxylic acids is 2. The molecule has 154 valence electrons. The maximum Gasteiger partial charge on any atom is 0.255 e. The third-order valence-corrected chi connectivity index (χ3v) is 5.97. The molecule has 0 spiro atoms. The number of anilines is 1. The molecule has 4 rings (SSSR count). The van der Waals surface area contributed by atoms with Crippen LogP contribution in [0.5, 0.6) is 0 Å². The van der Waals surface area contributed by atoms with E-state index >= 15 is 0 Å². The first kappa shape index (κ1) is 19.4. The van der Waals surface area contributed by atoms with E-state index in [0.717, 1.165) is 37.1 Å². The molecular formula is C21H27N5O3. The average Bonchev–Trinajstić information content (AvgIpc) is 3.39. The second-order valence-corrected chi connectivity index (χ2v) is 7.85. The third-order valence-electron chi connectivity index (χ3n) is 5.97. The molecule has 1 atom stereocenters. The topological polar surface area (TPSA) is 91.6 Å². The molecule has 2 aliphatic rings. The molecule has 3 heterocycles. The van der Waals surface area contributed by atoms with E-state index < -0.39 is 0 Å². The highest BCUT2D eigenvalue weighted by Crippen LogP contribution is 2.24. The minimum absolute atomic E-state index is 0.0229. The summed E-state index contributed by atoms with van der Waals surface area (Å²) in [6.07, 6.45) is 6.73. The van der Waals surface area contributed by atoms with Crippen LogP contribution in [0.15, 0.2) is 22.9 Å². The minimum Gasteiger partial charge on any atom is -0.364 e. The van der Waals surface area contributed by atoms with Crippen LogP contribution in [0.2, 0.25) is 0 Å². The molecule has 2 amide bonds. The van der Waals surface area contributed by atoms with Crippen molar-refractivity contribution in [1.82, 2.24) is 19.9 Å². The van der Waals surface area contributed by atoms with Crippen molar-refractivity contribution in [3.8, 4) is 0 Å². The molecule has 2 aromatic rings. The predicted octanol–water partition coefficient (Wildman–Crippen LogP) is 2.25. The second kappa shape index (κ2) is 8.23. The van der Waals surface area contributed by atoms with Gasteiger partial charge in [0.1, 0.15) is 17.3 Å². The lowest BCUT2D eigenvalue weighted by molar-refractivity contribution is -0.129. The molecule has 0 aromatic carbocycles. The Labute approximate surface area is 170 Å². The third kappa shape index (κ3) is 4.11. The van der Waals surface area contributed by atoms with Crippen molar-refractivity contribution < 1.29 is 14.1 Å². The van der Waals surface area contributed by atoms with Gasteiger partial charge in [0.25, 0.3) is 5.91 Å². The molecule has 2 aromatic heterocycles. The van der Waals surface area contributed by atoms with Gasteiger partial charge in [-0.2, -0.15) is 0 Å². The summed E-state index contributed by atoms with van der Waals surface area (Å²) < 4.78 is 5.44. The first-order valence-electron chi connectivity index (χ1n) is 10.2. The van der Waals surface area contributed by atoms with Gasteiger partial charge in [0.05, 0.1) is 18.2 Å². The van der Waals surface area contributed by atoms with Gasteiger partial charge in [-0.1, -0.05) is 5.16 Å². The number of amides is 2. The lowest BCUT2D eigenvalue weighted by Gasteiger charge is -2.23. The van der Waals surface area contributed by atoms with Crippen LogP contribution in [0.25, 0.3) is 0 Å². The van der Waals surface area contributed by atoms with Crippen molar-refractivity contribution in [1.29, 1.82) is 0 Å². The molecular weight excluding hydrogens is 370 g/mol. The fraction of sp³-hybridized carbons (Fsp3) is 0.524. The van der Waals surface area contributed by atoms with Gasteiger partial charge in [-0.05, 0) is 37.8 Å². The zero-order valence-electron chi connectivity index (χ0n) is 17.0. The van der Waals surface area contributed by atoms with Gasteiger partial charge < -0.3 is 19.6 Å². The van der Waals surface area contributed by atoms with Gasteiger partial charge in [0, 0.05) is 45.2 Å². The zero-order chi connectivity index (χ0) is 20.4. The number of likely N-dealkylation sites (N-methyl/N-ethyl adjacent to an activating group) is 1. The number of rotatable bonds is 5. The van der Waals surface area contributed by atoms with Crippen LogP contribution in [0, 0.1) is 0 Å². The molecule has 1 aliphatic heterocycles. The summed E-state index contributed by atoms with van der Waals surface area (Å²) in [4.78, 5) is 32.2. The summed E-state index contributed by atoms with van der Waals surface area (Å²) >= 11 is 0. The van der Waals surface area contributed by atoms with E-state index in [1.165, 1.54) is 12.0 Å². The molecule has 0 radical (unpaired) electrons. The Hall–Kier alpha value is -2.90. The highest BCUT2D eigenvalue weighted by Gasteiger charge is 2.30. The summed E-state index contributed by atoms with van der Waals surface area (Å²) in [6, 6.07) is 3.69. The molecule has 0 unspecified atom stereocenters. The number of hydrogen-bond acceptors (Lipinski definition) is 6. The summed E-state index contributed by atoms with van der Waals surface area (Å²) in [7, 11) is 1.79. The van der Waals surface area contributed by atoms with Crippen molar-refractivity contribution in [2.45, 2.75) is 51.6 Å². The van der Waals surface area contributed by atoms with E-state index in [1.807, 2.05) is 6.07 Å². The average molecular weight is 397 g/mol. The molecule has 8 heteroatoms. The standard InChI is InChI=1S/C21H27N5O3/c1-14(27)25(2)16-9-10-26(13-16)21(28)15-7-8-20(22-11-15)23-12-18-17-5-3-4-6-19(17)29-24-18/h7-8,11,16H,3-6,9-10,12-13H2,1-2H3,(H,22,23)/t16-/m0/s1. The van der Waals surface area contributed by atoms with Crippen LogP contribution in [-0.2, 0) is 24.2 Å². The van der Waals surface area contributed by atoms with Gasteiger partial charge >= 0.3 is 0 Å². The highest BCUT2D eigenvalue weighted by atomic mass is 16.5. The number of aryl methyl sites for hydroxylation is 1. The highest BCUT2D eigenvalue weighted by molar-refractivity contribution is 5.94. The van der Waals surface area contributed by atoms with E-state index in [4.69, 9.17) is 4.52 Å². The van der Waals surface area contributed by atoms with Gasteiger partial charge in [-0.25, -0.2) is 4.98 Å². The summed E-state index contributed by atoms with van der Waals surface area (Å²) in [5.74, 6) is 1.69. The molecule has 0 saturated carbocycles. The number of pyridine rings is 1. The summed E-state index contributed by atoms with van der Waals surface area (Å²) in [6.45, 7) is 3.32. The number of hydrogen-bond donors (Lipinski definition) is 1. The Balaban J connectivity index is 1.34. The van der Waals surface area contributed by atoms with Crippen LogP contribution in [0.4, 0.5) is 5.82 Å². The van der Waals surface area contributed by atoms with Gasteiger partial charge in [0.15, 0.2) is 0 Å². The molecule has 0 bridgehead atoms. The number of carbonyl (C=O) groups is 2. The van der Waals surface area contributed by atoms with E-state index in [0.29, 0.717) is 31.0 Å². The van der Waals surface area contributed by atoms with Crippen LogP contribution in [0.1, 0.15) is 53.6 Å². The fourth-order valence-electron chi connectivity index (χ4n) is 4.07. The number of aromatic nitrogens is 2. The normalized spacial score (nSPS) is 18.4. The lowest BCUT2D eigenvalue weighted by atomic mass is 9.96. The monoisotopic (exact) mass is 397 g/mol. The van der Waals surface area contributed by atoms with Gasteiger partial charge in [-0.3, -0.25) is 9.59 Å². The van der Waals surface area contributed by atoms with Gasteiger partial charge in [-0.15, -0.1) is 0 Å². The zero-order valence-corrected chi connectivity index (χ0v) is 17.0. The Morgan fingerprint density at radius 1 is 1.31 bits per heavy atom. The molecule has 29 heavy (non-hydrogen) atoms. The van der Waals surface area contributed by atoms with E-state index in [9.17, 15) is 9.59 Å². The Kier molecular flexibility index (Phi) is 5.51. The molecule has 8 nitrogen and oxygen atoms in total.